The Morgan fingerprint density at radius 1 is 1.11 bits per heavy atom. The van der Waals surface area contributed by atoms with Crippen molar-refractivity contribution in [3.63, 3.8) is 0 Å². The van der Waals surface area contributed by atoms with Gasteiger partial charge in [-0.15, -0.1) is 0 Å². The summed E-state index contributed by atoms with van der Waals surface area (Å²) in [6.07, 6.45) is 5.15. The van der Waals surface area contributed by atoms with E-state index < -0.39 is 0 Å². The third kappa shape index (κ3) is 3.53. The van der Waals surface area contributed by atoms with Gasteiger partial charge in [0.2, 0.25) is 0 Å². The largest absolute Gasteiger partial charge is 0.461 e. The number of Topliss-reactive ketones (excluding diaryl/α,β-unsaturated/α-hetero) is 1. The van der Waals surface area contributed by atoms with Crippen molar-refractivity contribution >= 4 is 11.8 Å². The highest BCUT2D eigenvalue weighted by molar-refractivity contribution is 5.85. The van der Waals surface area contributed by atoms with Crippen LogP contribution in [0.25, 0.3) is 0 Å². The summed E-state index contributed by atoms with van der Waals surface area (Å²) in [5, 5.41) is 0. The smallest absolute Gasteiger partial charge is 0.310 e. The molecule has 0 saturated heterocycles. The maximum Gasteiger partial charge on any atom is 0.310 e. The van der Waals surface area contributed by atoms with E-state index in [1.807, 2.05) is 42.5 Å². The first-order valence-electron chi connectivity index (χ1n) is 6.54. The first-order valence-corrected chi connectivity index (χ1v) is 6.54. The Bertz CT molecular complexity index is 476. The van der Waals surface area contributed by atoms with E-state index in [1.165, 1.54) is 0 Å². The van der Waals surface area contributed by atoms with E-state index in [9.17, 15) is 9.59 Å². The number of ether oxygens (including phenoxy) is 1. The maximum absolute atomic E-state index is 12.1. The number of carbonyl (C=O) groups is 2. The zero-order chi connectivity index (χ0) is 13.7. The number of carbonyl (C=O) groups excluding carboxylic acids is 2. The molecule has 3 nitrogen and oxygen atoms in total. The number of hydrogen-bond acceptors (Lipinski definition) is 3. The van der Waals surface area contributed by atoms with Gasteiger partial charge in [0.25, 0.3) is 0 Å². The van der Waals surface area contributed by atoms with Crippen LogP contribution < -0.4 is 0 Å². The minimum Gasteiger partial charge on any atom is -0.461 e. The van der Waals surface area contributed by atoms with E-state index in [1.54, 1.807) is 6.92 Å². The minimum absolute atomic E-state index is 0.0611. The molecule has 100 valence electrons. The maximum atomic E-state index is 12.1. The van der Waals surface area contributed by atoms with E-state index >= 15 is 0 Å². The Balaban J connectivity index is 1.95. The monoisotopic (exact) mass is 258 g/mol. The lowest BCUT2D eigenvalue weighted by Gasteiger charge is -2.24. The molecule has 0 radical (unpaired) electrons. The van der Waals surface area contributed by atoms with Crippen LogP contribution in [0, 0.1) is 11.8 Å². The average Bonchev–Trinajstić information content (AvgIpc) is 2.46. The second kappa shape index (κ2) is 6.32. The van der Waals surface area contributed by atoms with Gasteiger partial charge in [-0.25, -0.2) is 0 Å². The van der Waals surface area contributed by atoms with Gasteiger partial charge in [-0.1, -0.05) is 42.5 Å². The first-order chi connectivity index (χ1) is 9.18. The molecule has 1 aliphatic carbocycles. The zero-order valence-electron chi connectivity index (χ0n) is 11.0. The Labute approximate surface area is 113 Å². The van der Waals surface area contributed by atoms with E-state index in [2.05, 4.69) is 0 Å². The summed E-state index contributed by atoms with van der Waals surface area (Å²) in [6, 6.07) is 9.56. The molecule has 0 aromatic heterocycles. The van der Waals surface area contributed by atoms with Crippen LogP contribution in [0.5, 0.6) is 0 Å². The van der Waals surface area contributed by atoms with Crippen LogP contribution in [-0.4, -0.2) is 11.8 Å². The molecule has 1 aromatic rings. The van der Waals surface area contributed by atoms with Gasteiger partial charge in [0.1, 0.15) is 12.4 Å². The molecule has 2 rings (SSSR count). The summed E-state index contributed by atoms with van der Waals surface area (Å²) in [5.41, 5.74) is 0.960. The molecular weight excluding hydrogens is 240 g/mol. The molecule has 0 heterocycles. The quantitative estimate of drug-likeness (QED) is 0.616. The predicted molar refractivity (Wildman–Crippen MR) is 72.3 cm³/mol. The van der Waals surface area contributed by atoms with Crippen molar-refractivity contribution in [2.24, 2.45) is 11.8 Å². The molecule has 2 atom stereocenters. The van der Waals surface area contributed by atoms with Crippen molar-refractivity contribution < 1.29 is 14.3 Å². The van der Waals surface area contributed by atoms with Gasteiger partial charge < -0.3 is 4.74 Å². The third-order valence-electron chi connectivity index (χ3n) is 3.48. The van der Waals surface area contributed by atoms with E-state index in [4.69, 9.17) is 4.74 Å². The van der Waals surface area contributed by atoms with Crippen molar-refractivity contribution in [1.82, 2.24) is 0 Å². The van der Waals surface area contributed by atoms with Gasteiger partial charge >= 0.3 is 5.97 Å². The van der Waals surface area contributed by atoms with Crippen molar-refractivity contribution in [3.8, 4) is 0 Å². The molecule has 0 bridgehead atoms. The summed E-state index contributed by atoms with van der Waals surface area (Å²) < 4.78 is 5.32. The number of hydrogen-bond donors (Lipinski definition) is 0. The van der Waals surface area contributed by atoms with E-state index in [-0.39, 0.29) is 30.2 Å². The number of esters is 1. The molecular formula is C16H18O3. The summed E-state index contributed by atoms with van der Waals surface area (Å²) in [4.78, 5) is 23.6. The zero-order valence-corrected chi connectivity index (χ0v) is 11.0. The normalized spacial score (nSPS) is 21.9. The molecule has 0 spiro atoms. The standard InChI is InChI=1S/C16H18O3/c1-12(17)14-9-5-6-10-15(14)16(18)19-11-13-7-3-2-4-8-13/h2-8,14-15H,9-11H2,1H3/t14-,15+/m1/s1. The van der Waals surface area contributed by atoms with E-state index in [0.717, 1.165) is 5.56 Å². The van der Waals surface area contributed by atoms with Crippen LogP contribution in [0.1, 0.15) is 25.3 Å². The van der Waals surface area contributed by atoms with Crippen LogP contribution in [0.15, 0.2) is 42.5 Å². The number of allylic oxidation sites excluding steroid dienone is 2. The highest BCUT2D eigenvalue weighted by atomic mass is 16.5. The second-order valence-corrected chi connectivity index (χ2v) is 4.86. The number of ketones is 1. The lowest BCUT2D eigenvalue weighted by molar-refractivity contribution is -0.154. The molecule has 0 fully saturated rings. The fourth-order valence-electron chi connectivity index (χ4n) is 2.36. The van der Waals surface area contributed by atoms with Gasteiger partial charge in [-0.05, 0) is 25.3 Å². The van der Waals surface area contributed by atoms with Gasteiger partial charge in [0.05, 0.1) is 5.92 Å². The van der Waals surface area contributed by atoms with Crippen molar-refractivity contribution in [2.45, 2.75) is 26.4 Å². The van der Waals surface area contributed by atoms with Crippen LogP contribution in [0.3, 0.4) is 0 Å². The van der Waals surface area contributed by atoms with Crippen LogP contribution >= 0.6 is 0 Å². The number of rotatable bonds is 4. The van der Waals surface area contributed by atoms with Crippen molar-refractivity contribution in [3.05, 3.63) is 48.0 Å². The molecule has 0 aliphatic heterocycles. The lowest BCUT2D eigenvalue weighted by atomic mass is 9.81. The van der Waals surface area contributed by atoms with Crippen LogP contribution in [-0.2, 0) is 20.9 Å². The molecule has 0 N–H and O–H groups in total. The molecule has 1 aromatic carbocycles. The molecule has 0 unspecified atom stereocenters. The Morgan fingerprint density at radius 3 is 2.37 bits per heavy atom. The third-order valence-corrected chi connectivity index (χ3v) is 3.48. The summed E-state index contributed by atoms with van der Waals surface area (Å²) in [7, 11) is 0. The predicted octanol–water partition coefficient (Wildman–Crippen LogP) is 2.90. The van der Waals surface area contributed by atoms with Gasteiger partial charge in [-0.2, -0.15) is 0 Å². The fraction of sp³-hybridized carbons (Fsp3) is 0.375. The minimum atomic E-state index is -0.328. The topological polar surface area (TPSA) is 43.4 Å². The molecule has 3 heteroatoms. The van der Waals surface area contributed by atoms with E-state index in [0.29, 0.717) is 12.8 Å². The number of benzene rings is 1. The van der Waals surface area contributed by atoms with Crippen LogP contribution in [0.2, 0.25) is 0 Å². The molecule has 19 heavy (non-hydrogen) atoms. The second-order valence-electron chi connectivity index (χ2n) is 4.86. The van der Waals surface area contributed by atoms with Crippen molar-refractivity contribution in [1.29, 1.82) is 0 Å². The molecule has 0 amide bonds. The fourth-order valence-corrected chi connectivity index (χ4v) is 2.36. The van der Waals surface area contributed by atoms with Gasteiger partial charge in [0.15, 0.2) is 0 Å². The summed E-state index contributed by atoms with van der Waals surface area (Å²) in [5.74, 6) is -0.765. The van der Waals surface area contributed by atoms with Crippen LogP contribution in [0.4, 0.5) is 0 Å². The highest BCUT2D eigenvalue weighted by Crippen LogP contribution is 2.27. The SMILES string of the molecule is CC(=O)[C@H]1CC=CC[C@@H]1C(=O)OCc1ccccc1. The first kappa shape index (κ1) is 13.5. The van der Waals surface area contributed by atoms with Gasteiger partial charge in [0, 0.05) is 5.92 Å². The molecule has 1 aliphatic rings. The Morgan fingerprint density at radius 2 is 1.74 bits per heavy atom. The highest BCUT2D eigenvalue weighted by Gasteiger charge is 2.32. The Hall–Kier alpha value is -1.90. The average molecular weight is 258 g/mol. The lowest BCUT2D eigenvalue weighted by Crippen LogP contribution is -2.31. The molecule has 0 saturated carbocycles. The Kier molecular flexibility index (Phi) is 4.50. The summed E-state index contributed by atoms with van der Waals surface area (Å²) >= 11 is 0. The van der Waals surface area contributed by atoms with Gasteiger partial charge in [-0.3, -0.25) is 9.59 Å². The van der Waals surface area contributed by atoms with Crippen molar-refractivity contribution in [2.75, 3.05) is 0 Å². The summed E-state index contributed by atoms with van der Waals surface area (Å²) in [6.45, 7) is 1.81.